The van der Waals surface area contributed by atoms with Crippen LogP contribution < -0.4 is 20.3 Å². The third kappa shape index (κ3) is 5.35. The SMILES string of the molecule is COc1ccc(C)cc1NC(=O)Nc1ccc(-c2ccc(N3CCCCCC3)nn2)cc1. The summed E-state index contributed by atoms with van der Waals surface area (Å²) in [5, 5.41) is 14.6. The molecule has 0 radical (unpaired) electrons. The summed E-state index contributed by atoms with van der Waals surface area (Å²) in [6.07, 6.45) is 5.00. The van der Waals surface area contributed by atoms with Gasteiger partial charge in [-0.3, -0.25) is 0 Å². The number of urea groups is 1. The van der Waals surface area contributed by atoms with Crippen molar-refractivity contribution in [2.24, 2.45) is 0 Å². The van der Waals surface area contributed by atoms with Crippen LogP contribution in [0.25, 0.3) is 11.3 Å². The third-order valence-electron chi connectivity index (χ3n) is 5.62. The Morgan fingerprint density at radius 1 is 0.906 bits per heavy atom. The Labute approximate surface area is 188 Å². The van der Waals surface area contributed by atoms with Crippen molar-refractivity contribution in [2.75, 3.05) is 35.7 Å². The molecule has 0 unspecified atom stereocenters. The van der Waals surface area contributed by atoms with Crippen molar-refractivity contribution in [3.05, 3.63) is 60.2 Å². The lowest BCUT2D eigenvalue weighted by Crippen LogP contribution is -2.25. The van der Waals surface area contributed by atoms with Gasteiger partial charge in [0.25, 0.3) is 0 Å². The minimum atomic E-state index is -0.330. The van der Waals surface area contributed by atoms with Crippen LogP contribution in [0.3, 0.4) is 0 Å². The van der Waals surface area contributed by atoms with E-state index in [-0.39, 0.29) is 6.03 Å². The molecule has 7 nitrogen and oxygen atoms in total. The number of benzene rings is 2. The minimum absolute atomic E-state index is 0.330. The molecule has 2 amide bonds. The number of hydrogen-bond donors (Lipinski definition) is 2. The van der Waals surface area contributed by atoms with E-state index in [4.69, 9.17) is 4.74 Å². The summed E-state index contributed by atoms with van der Waals surface area (Å²) >= 11 is 0. The van der Waals surface area contributed by atoms with Crippen LogP contribution in [0.5, 0.6) is 5.75 Å². The first-order valence-electron chi connectivity index (χ1n) is 11.0. The van der Waals surface area contributed by atoms with Crippen molar-refractivity contribution in [1.29, 1.82) is 0 Å². The molecular weight excluding hydrogens is 402 g/mol. The number of carbonyl (C=O) groups is 1. The summed E-state index contributed by atoms with van der Waals surface area (Å²) in [6.45, 7) is 4.06. The molecule has 0 bridgehead atoms. The second kappa shape index (κ2) is 10.1. The molecule has 7 heteroatoms. The highest BCUT2D eigenvalue weighted by Crippen LogP contribution is 2.26. The lowest BCUT2D eigenvalue weighted by molar-refractivity contribution is 0.262. The maximum atomic E-state index is 12.4. The smallest absolute Gasteiger partial charge is 0.323 e. The van der Waals surface area contributed by atoms with Crippen LogP contribution in [0.1, 0.15) is 31.2 Å². The molecule has 32 heavy (non-hydrogen) atoms. The largest absolute Gasteiger partial charge is 0.495 e. The summed E-state index contributed by atoms with van der Waals surface area (Å²) in [7, 11) is 1.58. The number of rotatable bonds is 5. The third-order valence-corrected chi connectivity index (χ3v) is 5.62. The van der Waals surface area contributed by atoms with E-state index >= 15 is 0 Å². The maximum absolute atomic E-state index is 12.4. The highest BCUT2D eigenvalue weighted by Gasteiger charge is 2.12. The molecule has 2 aromatic carbocycles. The van der Waals surface area contributed by atoms with Gasteiger partial charge in [0, 0.05) is 24.3 Å². The lowest BCUT2D eigenvalue weighted by atomic mass is 10.1. The van der Waals surface area contributed by atoms with E-state index in [2.05, 4.69) is 25.7 Å². The predicted octanol–water partition coefficient (Wildman–Crippen LogP) is 5.49. The molecule has 2 heterocycles. The van der Waals surface area contributed by atoms with Gasteiger partial charge in [-0.05, 0) is 61.7 Å². The Hall–Kier alpha value is -3.61. The van der Waals surface area contributed by atoms with E-state index in [1.165, 1.54) is 25.7 Å². The maximum Gasteiger partial charge on any atom is 0.323 e. The Morgan fingerprint density at radius 2 is 1.66 bits per heavy atom. The molecular formula is C25H29N5O2. The quantitative estimate of drug-likeness (QED) is 0.559. The van der Waals surface area contributed by atoms with Crippen molar-refractivity contribution in [2.45, 2.75) is 32.6 Å². The van der Waals surface area contributed by atoms with E-state index < -0.39 is 0 Å². The summed E-state index contributed by atoms with van der Waals surface area (Å²) < 4.78 is 5.31. The van der Waals surface area contributed by atoms with E-state index in [1.807, 2.05) is 61.5 Å². The second-order valence-electron chi connectivity index (χ2n) is 8.04. The zero-order valence-corrected chi connectivity index (χ0v) is 18.6. The number of aromatic nitrogens is 2. The molecule has 1 aliphatic heterocycles. The lowest BCUT2D eigenvalue weighted by Gasteiger charge is -2.20. The van der Waals surface area contributed by atoms with Gasteiger partial charge in [0.15, 0.2) is 5.82 Å². The van der Waals surface area contributed by atoms with E-state index in [1.54, 1.807) is 7.11 Å². The van der Waals surface area contributed by atoms with Crippen LogP contribution >= 0.6 is 0 Å². The molecule has 1 saturated heterocycles. The van der Waals surface area contributed by atoms with Crippen LogP contribution in [-0.2, 0) is 0 Å². The number of nitrogens with one attached hydrogen (secondary N) is 2. The normalized spacial score (nSPS) is 13.9. The molecule has 1 fully saturated rings. The van der Waals surface area contributed by atoms with Crippen molar-refractivity contribution in [1.82, 2.24) is 10.2 Å². The Balaban J connectivity index is 1.38. The molecule has 1 aliphatic rings. The van der Waals surface area contributed by atoms with Gasteiger partial charge in [0.1, 0.15) is 5.75 Å². The molecule has 2 N–H and O–H groups in total. The van der Waals surface area contributed by atoms with Gasteiger partial charge in [0.05, 0.1) is 18.5 Å². The van der Waals surface area contributed by atoms with Crippen LogP contribution in [0.15, 0.2) is 54.6 Å². The number of hydrogen-bond acceptors (Lipinski definition) is 5. The van der Waals surface area contributed by atoms with Gasteiger partial charge >= 0.3 is 6.03 Å². The topological polar surface area (TPSA) is 79.4 Å². The monoisotopic (exact) mass is 431 g/mol. The fraction of sp³-hybridized carbons (Fsp3) is 0.320. The van der Waals surface area contributed by atoms with Crippen molar-refractivity contribution >= 4 is 23.2 Å². The van der Waals surface area contributed by atoms with Crippen LogP contribution in [0, 0.1) is 6.92 Å². The first-order valence-corrected chi connectivity index (χ1v) is 11.0. The van der Waals surface area contributed by atoms with Crippen molar-refractivity contribution < 1.29 is 9.53 Å². The fourth-order valence-corrected chi connectivity index (χ4v) is 3.88. The molecule has 166 valence electrons. The number of methoxy groups -OCH3 is 1. The van der Waals surface area contributed by atoms with Gasteiger partial charge in [-0.15, -0.1) is 10.2 Å². The fourth-order valence-electron chi connectivity index (χ4n) is 3.88. The molecule has 1 aromatic heterocycles. The van der Waals surface area contributed by atoms with Crippen molar-refractivity contribution in [3.63, 3.8) is 0 Å². The minimum Gasteiger partial charge on any atom is -0.495 e. The number of nitrogens with zero attached hydrogens (tertiary/aromatic N) is 3. The average molecular weight is 432 g/mol. The predicted molar refractivity (Wildman–Crippen MR) is 129 cm³/mol. The zero-order valence-electron chi connectivity index (χ0n) is 18.6. The van der Waals surface area contributed by atoms with Crippen LogP contribution in [0.2, 0.25) is 0 Å². The highest BCUT2D eigenvalue weighted by molar-refractivity contribution is 6.00. The second-order valence-corrected chi connectivity index (χ2v) is 8.04. The number of aryl methyl sites for hydroxylation is 1. The Kier molecular flexibility index (Phi) is 6.84. The van der Waals surface area contributed by atoms with E-state index in [0.29, 0.717) is 17.1 Å². The molecule has 0 spiro atoms. The molecule has 0 atom stereocenters. The number of anilines is 3. The van der Waals surface area contributed by atoms with Gasteiger partial charge in [-0.25, -0.2) is 4.79 Å². The number of amides is 2. The van der Waals surface area contributed by atoms with Gasteiger partial charge < -0.3 is 20.3 Å². The summed E-state index contributed by atoms with van der Waals surface area (Å²) in [6, 6.07) is 16.9. The van der Waals surface area contributed by atoms with Gasteiger partial charge in [-0.2, -0.15) is 0 Å². The highest BCUT2D eigenvalue weighted by atomic mass is 16.5. The summed E-state index contributed by atoms with van der Waals surface area (Å²) in [5.41, 5.74) is 4.11. The van der Waals surface area contributed by atoms with Crippen molar-refractivity contribution in [3.8, 4) is 17.0 Å². The molecule has 0 aliphatic carbocycles. The number of carbonyl (C=O) groups excluding carboxylic acids is 1. The van der Waals surface area contributed by atoms with E-state index in [0.717, 1.165) is 35.7 Å². The Morgan fingerprint density at radius 3 is 2.31 bits per heavy atom. The van der Waals surface area contributed by atoms with Gasteiger partial charge in [0.2, 0.25) is 0 Å². The number of ether oxygens (including phenoxy) is 1. The average Bonchev–Trinajstić information content (AvgIpc) is 3.10. The molecule has 3 aromatic rings. The first-order chi connectivity index (χ1) is 15.6. The summed E-state index contributed by atoms with van der Waals surface area (Å²) in [4.78, 5) is 14.7. The zero-order chi connectivity index (χ0) is 22.3. The molecule has 4 rings (SSSR count). The van der Waals surface area contributed by atoms with Crippen LogP contribution in [0.4, 0.5) is 22.0 Å². The van der Waals surface area contributed by atoms with Gasteiger partial charge in [-0.1, -0.05) is 31.0 Å². The Bertz CT molecular complexity index is 1040. The van der Waals surface area contributed by atoms with Crippen LogP contribution in [-0.4, -0.2) is 36.4 Å². The standard InChI is InChI=1S/C25H29N5O2/c1-18-7-13-23(32-2)22(17-18)27-25(31)26-20-10-8-19(9-11-20)21-12-14-24(29-28-21)30-15-5-3-4-6-16-30/h7-14,17H,3-6,15-16H2,1-2H3,(H2,26,27,31). The first kappa shape index (κ1) is 21.6. The summed E-state index contributed by atoms with van der Waals surface area (Å²) in [5.74, 6) is 1.56. The van der Waals surface area contributed by atoms with E-state index in [9.17, 15) is 4.79 Å². The molecule has 0 saturated carbocycles.